The number of rotatable bonds is 4. The van der Waals surface area contributed by atoms with E-state index in [1.165, 1.54) is 6.92 Å². The van der Waals surface area contributed by atoms with Crippen LogP contribution in [-0.4, -0.2) is 37.4 Å². The van der Waals surface area contributed by atoms with Crippen LogP contribution in [0.25, 0.3) is 0 Å². The van der Waals surface area contributed by atoms with Crippen LogP contribution in [-0.2, 0) is 14.6 Å². The first-order valence-corrected chi connectivity index (χ1v) is 7.99. The highest BCUT2D eigenvalue weighted by atomic mass is 32.2. The Kier molecular flexibility index (Phi) is 4.06. The zero-order valence-electron chi connectivity index (χ0n) is 11.1. The quantitative estimate of drug-likeness (QED) is 0.791. The molecule has 0 N–H and O–H groups in total. The number of carbonyl (C=O) groups is 1. The van der Waals surface area contributed by atoms with Gasteiger partial charge in [-0.25, -0.2) is 8.42 Å². The fourth-order valence-electron chi connectivity index (χ4n) is 2.39. The lowest BCUT2D eigenvalue weighted by atomic mass is 10.1. The lowest BCUT2D eigenvalue weighted by Gasteiger charge is -2.19. The van der Waals surface area contributed by atoms with Gasteiger partial charge in [0.2, 0.25) is 0 Å². The molecule has 2 rings (SSSR count). The Morgan fingerprint density at radius 2 is 1.95 bits per heavy atom. The van der Waals surface area contributed by atoms with E-state index >= 15 is 0 Å². The molecule has 1 aromatic rings. The molecule has 1 fully saturated rings. The number of ether oxygens (including phenoxy) is 1. The van der Waals surface area contributed by atoms with E-state index in [4.69, 9.17) is 4.74 Å². The smallest absolute Gasteiger partial charge is 0.180 e. The third kappa shape index (κ3) is 2.72. The first-order valence-electron chi connectivity index (χ1n) is 6.38. The molecule has 1 aromatic carbocycles. The van der Waals surface area contributed by atoms with Crippen molar-refractivity contribution in [2.75, 3.05) is 6.61 Å². The summed E-state index contributed by atoms with van der Waals surface area (Å²) < 4.78 is 30.2. The zero-order chi connectivity index (χ0) is 14.0. The van der Waals surface area contributed by atoms with Gasteiger partial charge in [-0.05, 0) is 20.3 Å². The SMILES string of the molecule is CC1OCCC1S(=O)(=O)C(C)C(=O)c1ccccc1. The molecule has 19 heavy (non-hydrogen) atoms. The van der Waals surface area contributed by atoms with Crippen molar-refractivity contribution in [3.05, 3.63) is 35.9 Å². The predicted molar refractivity (Wildman–Crippen MR) is 73.0 cm³/mol. The standard InChI is InChI=1S/C14H18O4S/c1-10-13(8-9-18-10)19(16,17)11(2)14(15)12-6-4-3-5-7-12/h3-7,10-11,13H,8-9H2,1-2H3. The Balaban J connectivity index is 2.24. The number of benzene rings is 1. The summed E-state index contributed by atoms with van der Waals surface area (Å²) in [5.74, 6) is -0.347. The van der Waals surface area contributed by atoms with Gasteiger partial charge in [0.15, 0.2) is 15.6 Å². The van der Waals surface area contributed by atoms with Crippen molar-refractivity contribution < 1.29 is 17.9 Å². The van der Waals surface area contributed by atoms with Crippen molar-refractivity contribution in [3.8, 4) is 0 Å². The van der Waals surface area contributed by atoms with Crippen molar-refractivity contribution in [1.29, 1.82) is 0 Å². The summed E-state index contributed by atoms with van der Waals surface area (Å²) in [5, 5.41) is -1.60. The normalized spacial score (nSPS) is 25.2. The van der Waals surface area contributed by atoms with Crippen molar-refractivity contribution in [3.63, 3.8) is 0 Å². The van der Waals surface area contributed by atoms with Crippen LogP contribution in [0.5, 0.6) is 0 Å². The Bertz CT molecular complexity index is 550. The highest BCUT2D eigenvalue weighted by molar-refractivity contribution is 7.93. The van der Waals surface area contributed by atoms with Crippen LogP contribution < -0.4 is 0 Å². The van der Waals surface area contributed by atoms with Gasteiger partial charge >= 0.3 is 0 Å². The molecule has 0 amide bonds. The van der Waals surface area contributed by atoms with Crippen LogP contribution in [0.1, 0.15) is 30.6 Å². The lowest BCUT2D eigenvalue weighted by molar-refractivity contribution is 0.0990. The van der Waals surface area contributed by atoms with Crippen molar-refractivity contribution in [1.82, 2.24) is 0 Å². The Morgan fingerprint density at radius 3 is 2.47 bits per heavy atom. The number of Topliss-reactive ketones (excluding diaryl/α,β-unsaturated/α-hetero) is 1. The summed E-state index contributed by atoms with van der Waals surface area (Å²) in [5.41, 5.74) is 0.435. The van der Waals surface area contributed by atoms with Gasteiger partial charge in [-0.3, -0.25) is 4.79 Å². The van der Waals surface area contributed by atoms with Crippen molar-refractivity contribution in [2.24, 2.45) is 0 Å². The average Bonchev–Trinajstić information content (AvgIpc) is 2.85. The second-order valence-electron chi connectivity index (χ2n) is 4.86. The second kappa shape index (κ2) is 5.43. The van der Waals surface area contributed by atoms with Gasteiger partial charge in [-0.15, -0.1) is 0 Å². The van der Waals surface area contributed by atoms with Gasteiger partial charge in [-0.2, -0.15) is 0 Å². The minimum atomic E-state index is -3.51. The van der Waals surface area contributed by atoms with Crippen LogP contribution in [0.2, 0.25) is 0 Å². The molecule has 0 aliphatic carbocycles. The molecule has 1 heterocycles. The molecule has 3 unspecified atom stereocenters. The molecule has 0 radical (unpaired) electrons. The molecule has 4 nitrogen and oxygen atoms in total. The maximum absolute atomic E-state index is 12.5. The topological polar surface area (TPSA) is 60.4 Å². The van der Waals surface area contributed by atoms with Crippen molar-refractivity contribution in [2.45, 2.75) is 36.9 Å². The molecular formula is C14H18O4S. The maximum Gasteiger partial charge on any atom is 0.180 e. The summed E-state index contributed by atoms with van der Waals surface area (Å²) >= 11 is 0. The summed E-state index contributed by atoms with van der Waals surface area (Å²) in [6.45, 7) is 3.65. The van der Waals surface area contributed by atoms with Crippen LogP contribution in [0.4, 0.5) is 0 Å². The first kappa shape index (κ1) is 14.2. The van der Waals surface area contributed by atoms with E-state index in [9.17, 15) is 13.2 Å². The molecule has 1 aliphatic heterocycles. The van der Waals surface area contributed by atoms with Crippen LogP contribution in [0.15, 0.2) is 30.3 Å². The second-order valence-corrected chi connectivity index (χ2v) is 7.36. The van der Waals surface area contributed by atoms with Crippen LogP contribution in [0.3, 0.4) is 0 Å². The van der Waals surface area contributed by atoms with E-state index < -0.39 is 20.3 Å². The molecule has 3 atom stereocenters. The van der Waals surface area contributed by atoms with Gasteiger partial charge in [-0.1, -0.05) is 30.3 Å². The first-order chi connectivity index (χ1) is 8.94. The molecule has 1 aliphatic rings. The van der Waals surface area contributed by atoms with Gasteiger partial charge in [0.1, 0.15) is 5.25 Å². The molecule has 0 aromatic heterocycles. The van der Waals surface area contributed by atoms with Gasteiger partial charge in [0.25, 0.3) is 0 Å². The van der Waals surface area contributed by atoms with E-state index in [-0.39, 0.29) is 11.9 Å². The molecule has 0 bridgehead atoms. The molecule has 104 valence electrons. The van der Waals surface area contributed by atoms with Crippen LogP contribution in [0, 0.1) is 0 Å². The Morgan fingerprint density at radius 1 is 1.32 bits per heavy atom. The minimum absolute atomic E-state index is 0.337. The average molecular weight is 282 g/mol. The maximum atomic E-state index is 12.5. The molecule has 0 saturated carbocycles. The van der Waals surface area contributed by atoms with Gasteiger partial charge < -0.3 is 4.74 Å². The Hall–Kier alpha value is -1.20. The summed E-state index contributed by atoms with van der Waals surface area (Å²) in [4.78, 5) is 12.2. The number of ketones is 1. The van der Waals surface area contributed by atoms with E-state index in [1.807, 2.05) is 0 Å². The third-order valence-electron chi connectivity index (χ3n) is 3.65. The summed E-state index contributed by atoms with van der Waals surface area (Å²) in [6.07, 6.45) is 0.131. The number of carbonyl (C=O) groups excluding carboxylic acids is 1. The van der Waals surface area contributed by atoms with E-state index in [2.05, 4.69) is 0 Å². The summed E-state index contributed by atoms with van der Waals surface area (Å²) in [6, 6.07) is 8.54. The number of hydrogen-bond donors (Lipinski definition) is 0. The predicted octanol–water partition coefficient (Wildman–Crippen LogP) is 1.85. The third-order valence-corrected chi connectivity index (χ3v) is 6.31. The monoisotopic (exact) mass is 282 g/mol. The van der Waals surface area contributed by atoms with Gasteiger partial charge in [0, 0.05) is 12.2 Å². The largest absolute Gasteiger partial charge is 0.377 e. The lowest BCUT2D eigenvalue weighted by Crippen LogP contribution is -2.39. The van der Waals surface area contributed by atoms with E-state index in [0.29, 0.717) is 18.6 Å². The van der Waals surface area contributed by atoms with E-state index in [1.54, 1.807) is 37.3 Å². The zero-order valence-corrected chi connectivity index (χ0v) is 11.9. The van der Waals surface area contributed by atoms with E-state index in [0.717, 1.165) is 0 Å². The summed E-state index contributed by atoms with van der Waals surface area (Å²) in [7, 11) is -3.51. The van der Waals surface area contributed by atoms with Crippen molar-refractivity contribution >= 4 is 15.6 Å². The number of sulfone groups is 1. The van der Waals surface area contributed by atoms with Crippen LogP contribution >= 0.6 is 0 Å². The molecule has 1 saturated heterocycles. The highest BCUT2D eigenvalue weighted by Crippen LogP contribution is 2.25. The molecule has 0 spiro atoms. The fourth-order valence-corrected chi connectivity index (χ4v) is 4.39. The molecular weight excluding hydrogens is 264 g/mol. The molecule has 5 heteroatoms. The highest BCUT2D eigenvalue weighted by Gasteiger charge is 2.41. The fraction of sp³-hybridized carbons (Fsp3) is 0.500. The Labute approximate surface area is 113 Å². The van der Waals surface area contributed by atoms with Gasteiger partial charge in [0.05, 0.1) is 11.4 Å². The minimum Gasteiger partial charge on any atom is -0.377 e. The number of hydrogen-bond acceptors (Lipinski definition) is 4.